The van der Waals surface area contributed by atoms with E-state index < -0.39 is 12.0 Å². The minimum absolute atomic E-state index is 0.0731. The Balaban J connectivity index is 2.74. The summed E-state index contributed by atoms with van der Waals surface area (Å²) in [5, 5.41) is 7.71. The van der Waals surface area contributed by atoms with Crippen LogP contribution in [0.1, 0.15) is 55.8 Å². The molecule has 33 heavy (non-hydrogen) atoms. The van der Waals surface area contributed by atoms with E-state index >= 15 is 0 Å². The molecule has 2 atom stereocenters. The van der Waals surface area contributed by atoms with E-state index in [4.69, 9.17) is 27.9 Å². The van der Waals surface area contributed by atoms with Crippen LogP contribution in [0.4, 0.5) is 5.69 Å². The lowest BCUT2D eigenvalue weighted by molar-refractivity contribution is 0.0508. The van der Waals surface area contributed by atoms with Crippen LogP contribution < -0.4 is 10.9 Å². The van der Waals surface area contributed by atoms with Crippen LogP contribution in [0.5, 0.6) is 0 Å². The Morgan fingerprint density at radius 1 is 1.36 bits per heavy atom. The van der Waals surface area contributed by atoms with Crippen LogP contribution in [0, 0.1) is 0 Å². The van der Waals surface area contributed by atoms with Crippen molar-refractivity contribution in [1.82, 2.24) is 14.3 Å². The average molecular weight is 493 g/mol. The lowest BCUT2D eigenvalue weighted by atomic mass is 9.97. The third-order valence-corrected chi connectivity index (χ3v) is 5.16. The minimum Gasteiger partial charge on any atom is -0.461 e. The molecule has 0 aliphatic heterocycles. The maximum Gasteiger partial charge on any atom is 0.356 e. The second-order valence-electron chi connectivity index (χ2n) is 7.72. The Bertz CT molecular complexity index is 1090. The van der Waals surface area contributed by atoms with Gasteiger partial charge in [-0.3, -0.25) is 9.48 Å². The molecule has 1 N–H and O–H groups in total. The van der Waals surface area contributed by atoms with Gasteiger partial charge in [-0.2, -0.15) is 5.10 Å². The number of allylic oxidation sites excluding steroid dienone is 3. The second kappa shape index (κ2) is 11.9. The highest BCUT2D eigenvalue weighted by atomic mass is 35.5. The maximum atomic E-state index is 13.0. The van der Waals surface area contributed by atoms with Gasteiger partial charge in [-0.15, -0.1) is 11.6 Å². The molecule has 2 rings (SSSR count). The number of esters is 1. The van der Waals surface area contributed by atoms with Crippen molar-refractivity contribution in [2.75, 3.05) is 11.9 Å². The van der Waals surface area contributed by atoms with Gasteiger partial charge in [-0.1, -0.05) is 42.5 Å². The molecule has 0 amide bonds. The molecule has 0 saturated heterocycles. The predicted molar refractivity (Wildman–Crippen MR) is 134 cm³/mol. The lowest BCUT2D eigenvalue weighted by Gasteiger charge is -2.23. The molecule has 9 heteroatoms. The number of halogens is 2. The summed E-state index contributed by atoms with van der Waals surface area (Å²) in [6.45, 7) is 11.5. The van der Waals surface area contributed by atoms with Gasteiger partial charge in [0.25, 0.3) is 5.56 Å². The van der Waals surface area contributed by atoms with E-state index in [-0.39, 0.29) is 28.6 Å². The predicted octanol–water partition coefficient (Wildman–Crippen LogP) is 5.44. The van der Waals surface area contributed by atoms with Gasteiger partial charge in [0.2, 0.25) is 0 Å². The molecule has 0 aliphatic carbocycles. The van der Waals surface area contributed by atoms with Crippen molar-refractivity contribution in [2.45, 2.75) is 45.2 Å². The van der Waals surface area contributed by atoms with Gasteiger partial charge < -0.3 is 14.6 Å². The Morgan fingerprint density at radius 2 is 2.06 bits per heavy atom. The number of ether oxygens (including phenoxy) is 1. The number of carbonyl (C=O) groups is 1. The number of anilines is 1. The molecular formula is C24H30Cl2N4O3. The Kier molecular flexibility index (Phi) is 9.56. The molecule has 2 aromatic heterocycles. The summed E-state index contributed by atoms with van der Waals surface area (Å²) in [6, 6.07) is 0.930. The molecule has 7 nitrogen and oxygen atoms in total. The van der Waals surface area contributed by atoms with Gasteiger partial charge in [-0.25, -0.2) is 4.79 Å². The molecule has 0 radical (unpaired) electrons. The number of carbonyl (C=O) groups excluding carboxylic acids is 1. The fraction of sp³-hybridized carbons (Fsp3) is 0.375. The highest BCUT2D eigenvalue weighted by molar-refractivity contribution is 6.30. The molecule has 0 aromatic carbocycles. The van der Waals surface area contributed by atoms with E-state index in [1.54, 1.807) is 43.2 Å². The number of hydrogen-bond acceptors (Lipinski definition) is 5. The van der Waals surface area contributed by atoms with E-state index in [2.05, 4.69) is 17.0 Å². The quantitative estimate of drug-likeness (QED) is 0.271. The summed E-state index contributed by atoms with van der Waals surface area (Å²) in [4.78, 5) is 25.0. The maximum absolute atomic E-state index is 13.0. The Labute approximate surface area is 204 Å². The number of rotatable bonds is 10. The van der Waals surface area contributed by atoms with E-state index in [0.29, 0.717) is 16.9 Å². The molecule has 0 saturated carbocycles. The Morgan fingerprint density at radius 3 is 2.61 bits per heavy atom. The van der Waals surface area contributed by atoms with E-state index in [0.717, 1.165) is 5.57 Å². The fourth-order valence-corrected chi connectivity index (χ4v) is 3.60. The fourth-order valence-electron chi connectivity index (χ4n) is 3.27. The first-order valence-electron chi connectivity index (χ1n) is 10.6. The van der Waals surface area contributed by atoms with Crippen molar-refractivity contribution in [3.05, 3.63) is 81.5 Å². The monoisotopic (exact) mass is 492 g/mol. The summed E-state index contributed by atoms with van der Waals surface area (Å²) in [5.74, 6) is -0.475. The molecule has 2 unspecified atom stereocenters. The molecule has 0 aliphatic rings. The summed E-state index contributed by atoms with van der Waals surface area (Å²) in [5.41, 5.74) is 1.99. The zero-order valence-electron chi connectivity index (χ0n) is 19.5. The SMILES string of the molecule is C=C/C=C(\C=C/C(C)Cl)C(Nc1cc(Cl)c(=O)n(C)c1)c1cnn(C(C)C)c1C(=O)OCC. The zero-order chi connectivity index (χ0) is 24.7. The van der Waals surface area contributed by atoms with E-state index in [1.165, 1.54) is 4.57 Å². The van der Waals surface area contributed by atoms with Gasteiger partial charge in [0.15, 0.2) is 5.69 Å². The van der Waals surface area contributed by atoms with Crippen molar-refractivity contribution in [3.8, 4) is 0 Å². The largest absolute Gasteiger partial charge is 0.461 e. The highest BCUT2D eigenvalue weighted by Crippen LogP contribution is 2.32. The third-order valence-electron chi connectivity index (χ3n) is 4.74. The molecule has 2 aromatic rings. The number of aryl methyl sites for hydroxylation is 1. The number of pyridine rings is 1. The van der Waals surface area contributed by atoms with Gasteiger partial charge in [0.05, 0.1) is 24.5 Å². The van der Waals surface area contributed by atoms with Crippen molar-refractivity contribution in [3.63, 3.8) is 0 Å². The first-order valence-corrected chi connectivity index (χ1v) is 11.4. The minimum atomic E-state index is -0.546. The standard InChI is InChI=1S/C24H30Cl2N4O3/c1-7-9-17(11-10-16(5)25)21(28-18-12-20(26)23(31)29(6)14-18)19-13-27-30(15(3)4)22(19)24(32)33-8-2/h7,9-16,21,28H,1,8H2,2-6H3/b11-10-,17-9+. The van der Waals surface area contributed by atoms with Crippen LogP contribution in [0.2, 0.25) is 5.02 Å². The molecule has 0 bridgehead atoms. The summed E-state index contributed by atoms with van der Waals surface area (Å²) < 4.78 is 8.36. The number of alkyl halides is 1. The van der Waals surface area contributed by atoms with Crippen LogP contribution in [-0.2, 0) is 11.8 Å². The molecular weight excluding hydrogens is 463 g/mol. The van der Waals surface area contributed by atoms with E-state index in [1.807, 2.05) is 39.0 Å². The Hall–Kier alpha value is -2.77. The molecule has 0 spiro atoms. The van der Waals surface area contributed by atoms with Gasteiger partial charge in [0.1, 0.15) is 5.02 Å². The second-order valence-corrected chi connectivity index (χ2v) is 8.81. The first-order chi connectivity index (χ1) is 15.6. The highest BCUT2D eigenvalue weighted by Gasteiger charge is 2.28. The van der Waals surface area contributed by atoms with Crippen LogP contribution in [0.3, 0.4) is 0 Å². The average Bonchev–Trinajstić information content (AvgIpc) is 3.19. The van der Waals surface area contributed by atoms with Gasteiger partial charge in [-0.05, 0) is 39.3 Å². The van der Waals surface area contributed by atoms with Crippen LogP contribution in [0.25, 0.3) is 0 Å². The first kappa shape index (κ1) is 26.5. The zero-order valence-corrected chi connectivity index (χ0v) is 21.0. The number of nitrogens with zero attached hydrogens (tertiary/aromatic N) is 3. The van der Waals surface area contributed by atoms with Gasteiger partial charge in [0, 0.05) is 30.2 Å². The molecule has 0 fully saturated rings. The molecule has 2 heterocycles. The topological polar surface area (TPSA) is 78.2 Å². The van der Waals surface area contributed by atoms with Crippen LogP contribution in [0.15, 0.2) is 59.7 Å². The summed E-state index contributed by atoms with van der Waals surface area (Å²) in [7, 11) is 1.62. The van der Waals surface area contributed by atoms with Crippen LogP contribution >= 0.6 is 23.2 Å². The van der Waals surface area contributed by atoms with Crippen molar-refractivity contribution in [1.29, 1.82) is 0 Å². The van der Waals surface area contributed by atoms with Crippen LogP contribution in [-0.4, -0.2) is 32.3 Å². The number of aromatic nitrogens is 3. The molecule has 178 valence electrons. The van der Waals surface area contributed by atoms with Crippen molar-refractivity contribution < 1.29 is 9.53 Å². The smallest absolute Gasteiger partial charge is 0.356 e. The van der Waals surface area contributed by atoms with Crippen molar-refractivity contribution in [2.24, 2.45) is 7.05 Å². The van der Waals surface area contributed by atoms with E-state index in [9.17, 15) is 9.59 Å². The number of hydrogen-bond donors (Lipinski definition) is 1. The van der Waals surface area contributed by atoms with Crippen molar-refractivity contribution >= 4 is 34.9 Å². The van der Waals surface area contributed by atoms with Gasteiger partial charge >= 0.3 is 5.97 Å². The summed E-state index contributed by atoms with van der Waals surface area (Å²) in [6.07, 6.45) is 10.4. The lowest BCUT2D eigenvalue weighted by Crippen LogP contribution is -2.22. The summed E-state index contributed by atoms with van der Waals surface area (Å²) >= 11 is 12.3. The normalized spacial score (nSPS) is 13.9. The third kappa shape index (κ3) is 6.62. The number of nitrogens with one attached hydrogen (secondary N) is 1.